The molecular formula is C17H12ClF6N5O2. The third-order valence-electron chi connectivity index (χ3n) is 3.90. The molecule has 2 aromatic heterocycles. The summed E-state index contributed by atoms with van der Waals surface area (Å²) >= 11 is 5.81. The molecule has 0 unspecified atom stereocenters. The number of alkyl halides is 6. The summed E-state index contributed by atoms with van der Waals surface area (Å²) in [4.78, 5) is 12.0. The van der Waals surface area contributed by atoms with Crippen LogP contribution in [0.4, 0.5) is 31.1 Å². The number of hydrogen-bond acceptors (Lipinski definition) is 4. The van der Waals surface area contributed by atoms with Gasteiger partial charge in [0.1, 0.15) is 5.75 Å². The molecular weight excluding hydrogens is 456 g/mol. The fourth-order valence-electron chi connectivity index (χ4n) is 2.55. The number of aromatic nitrogens is 3. The Balaban J connectivity index is 1.66. The molecule has 3 aromatic rings. The molecule has 166 valence electrons. The summed E-state index contributed by atoms with van der Waals surface area (Å²) in [6.45, 7) is -0.631. The highest BCUT2D eigenvalue weighted by Gasteiger charge is 2.33. The molecule has 0 atom stereocenters. The number of rotatable bonds is 5. The average molecular weight is 468 g/mol. The minimum atomic E-state index is -4.90. The summed E-state index contributed by atoms with van der Waals surface area (Å²) in [5.41, 5.74) is -1.01. The first-order valence-corrected chi connectivity index (χ1v) is 8.77. The third-order valence-corrected chi connectivity index (χ3v) is 4.18. The molecule has 2 N–H and O–H groups in total. The quantitative estimate of drug-likeness (QED) is 0.548. The topological polar surface area (TPSA) is 80.5 Å². The van der Waals surface area contributed by atoms with Crippen LogP contribution in [0, 0.1) is 0 Å². The van der Waals surface area contributed by atoms with Gasteiger partial charge in [-0.15, -0.1) is 23.4 Å². The normalized spacial score (nSPS) is 12.1. The minimum absolute atomic E-state index is 0.0369. The van der Waals surface area contributed by atoms with Gasteiger partial charge in [-0.2, -0.15) is 13.2 Å². The molecule has 31 heavy (non-hydrogen) atoms. The highest BCUT2D eigenvalue weighted by molar-refractivity contribution is 6.33. The summed E-state index contributed by atoms with van der Waals surface area (Å²) in [6.07, 6.45) is -8.82. The second kappa shape index (κ2) is 8.49. The molecule has 0 spiro atoms. The molecule has 0 saturated heterocycles. The lowest BCUT2D eigenvalue weighted by Crippen LogP contribution is -2.35. The number of urea groups is 1. The van der Waals surface area contributed by atoms with Gasteiger partial charge in [-0.25, -0.2) is 4.79 Å². The molecule has 7 nitrogen and oxygen atoms in total. The molecule has 0 aliphatic rings. The van der Waals surface area contributed by atoms with E-state index in [9.17, 15) is 31.1 Å². The van der Waals surface area contributed by atoms with Crippen LogP contribution in [0.5, 0.6) is 5.75 Å². The molecule has 0 aliphatic carbocycles. The second-order valence-electron chi connectivity index (χ2n) is 6.08. The van der Waals surface area contributed by atoms with Crippen LogP contribution in [0.2, 0.25) is 5.02 Å². The Hall–Kier alpha value is -3.22. The van der Waals surface area contributed by atoms with Crippen molar-refractivity contribution in [2.24, 2.45) is 0 Å². The molecule has 0 bridgehead atoms. The maximum Gasteiger partial charge on any atom is 0.573 e. The first-order valence-electron chi connectivity index (χ1n) is 8.40. The monoisotopic (exact) mass is 467 g/mol. The smallest absolute Gasteiger partial charge is 0.405 e. The van der Waals surface area contributed by atoms with E-state index in [1.165, 1.54) is 18.2 Å². The number of pyridine rings is 1. The van der Waals surface area contributed by atoms with E-state index >= 15 is 0 Å². The van der Waals surface area contributed by atoms with Crippen LogP contribution < -0.4 is 15.4 Å². The first kappa shape index (κ1) is 22.5. The zero-order valence-electron chi connectivity index (χ0n) is 15.2. The number of benzene rings is 1. The molecule has 0 radical (unpaired) electrons. The van der Waals surface area contributed by atoms with Gasteiger partial charge in [-0.1, -0.05) is 29.8 Å². The van der Waals surface area contributed by atoms with Crippen molar-refractivity contribution in [3.8, 4) is 5.75 Å². The van der Waals surface area contributed by atoms with Crippen LogP contribution in [0.25, 0.3) is 5.65 Å². The Morgan fingerprint density at radius 1 is 1.06 bits per heavy atom. The number of hydrogen-bond donors (Lipinski definition) is 2. The van der Waals surface area contributed by atoms with Crippen molar-refractivity contribution < 1.29 is 35.9 Å². The van der Waals surface area contributed by atoms with E-state index in [2.05, 4.69) is 25.6 Å². The molecule has 0 fully saturated rings. The number of carbonyl (C=O) groups is 1. The van der Waals surface area contributed by atoms with Crippen molar-refractivity contribution in [2.75, 3.05) is 0 Å². The minimum Gasteiger partial charge on any atom is -0.405 e. The largest absolute Gasteiger partial charge is 0.573 e. The summed E-state index contributed by atoms with van der Waals surface area (Å²) < 4.78 is 81.1. The van der Waals surface area contributed by atoms with E-state index in [-0.39, 0.29) is 35.1 Å². The van der Waals surface area contributed by atoms with Gasteiger partial charge in [0.05, 0.1) is 17.1 Å². The summed E-state index contributed by atoms with van der Waals surface area (Å²) in [5, 5.41) is 11.8. The number of nitrogens with one attached hydrogen (secondary N) is 2. The lowest BCUT2D eigenvalue weighted by atomic mass is 10.2. The van der Waals surface area contributed by atoms with E-state index in [1.54, 1.807) is 0 Å². The lowest BCUT2D eigenvalue weighted by molar-refractivity contribution is -0.274. The lowest BCUT2D eigenvalue weighted by Gasteiger charge is -2.14. The third kappa shape index (κ3) is 5.69. The van der Waals surface area contributed by atoms with Crippen molar-refractivity contribution in [3.05, 3.63) is 58.5 Å². The predicted octanol–water partition coefficient (Wildman–Crippen LogP) is 4.30. The standard InChI is InChI=1S/C17H12ClF6N5O2/c18-11-5-10(16(19,20)21)8-29-13(27-28-14(11)29)7-26-15(30)25-6-9-3-1-2-4-12(9)31-17(22,23)24/h1-5,8H,6-7H2,(H2,25,26,30). The zero-order chi connectivity index (χ0) is 22.8. The van der Waals surface area contributed by atoms with Gasteiger partial charge in [-0.05, 0) is 12.1 Å². The van der Waals surface area contributed by atoms with Crippen LogP contribution in [0.1, 0.15) is 17.0 Å². The maximum absolute atomic E-state index is 13.0. The van der Waals surface area contributed by atoms with Gasteiger partial charge >= 0.3 is 18.6 Å². The number of nitrogens with zero attached hydrogens (tertiary/aromatic N) is 3. The zero-order valence-corrected chi connectivity index (χ0v) is 15.9. The molecule has 2 amide bonds. The van der Waals surface area contributed by atoms with Crippen LogP contribution in [0.3, 0.4) is 0 Å². The Bertz CT molecular complexity index is 1100. The van der Waals surface area contributed by atoms with Crippen molar-refractivity contribution in [1.29, 1.82) is 0 Å². The van der Waals surface area contributed by atoms with E-state index < -0.39 is 29.9 Å². The van der Waals surface area contributed by atoms with E-state index in [0.29, 0.717) is 6.07 Å². The molecule has 2 heterocycles. The highest BCUT2D eigenvalue weighted by atomic mass is 35.5. The van der Waals surface area contributed by atoms with Crippen molar-refractivity contribution in [3.63, 3.8) is 0 Å². The van der Waals surface area contributed by atoms with Crippen LogP contribution >= 0.6 is 11.6 Å². The Morgan fingerprint density at radius 2 is 1.74 bits per heavy atom. The number of carbonyl (C=O) groups excluding carboxylic acids is 1. The van der Waals surface area contributed by atoms with Gasteiger partial charge < -0.3 is 15.4 Å². The van der Waals surface area contributed by atoms with Gasteiger partial charge in [0.15, 0.2) is 11.5 Å². The van der Waals surface area contributed by atoms with Gasteiger partial charge in [0, 0.05) is 18.3 Å². The van der Waals surface area contributed by atoms with Crippen molar-refractivity contribution in [2.45, 2.75) is 25.6 Å². The number of para-hydroxylation sites is 1. The molecule has 3 rings (SSSR count). The Labute approximate surface area is 175 Å². The van der Waals surface area contributed by atoms with E-state index in [0.717, 1.165) is 16.7 Å². The van der Waals surface area contributed by atoms with Crippen LogP contribution in [-0.4, -0.2) is 27.0 Å². The Kier molecular flexibility index (Phi) is 6.15. The Morgan fingerprint density at radius 3 is 2.42 bits per heavy atom. The second-order valence-corrected chi connectivity index (χ2v) is 6.48. The van der Waals surface area contributed by atoms with Crippen molar-refractivity contribution in [1.82, 2.24) is 25.2 Å². The average Bonchev–Trinajstić information content (AvgIpc) is 3.07. The molecule has 0 aliphatic heterocycles. The highest BCUT2D eigenvalue weighted by Crippen LogP contribution is 2.32. The summed E-state index contributed by atoms with van der Waals surface area (Å²) in [7, 11) is 0. The van der Waals surface area contributed by atoms with Gasteiger partial charge in [0.2, 0.25) is 0 Å². The van der Waals surface area contributed by atoms with Gasteiger partial charge in [-0.3, -0.25) is 4.40 Å². The predicted molar refractivity (Wildman–Crippen MR) is 95.2 cm³/mol. The summed E-state index contributed by atoms with van der Waals surface area (Å²) in [6, 6.07) is 5.11. The maximum atomic E-state index is 13.0. The van der Waals surface area contributed by atoms with Crippen LogP contribution in [-0.2, 0) is 19.3 Å². The first-order chi connectivity index (χ1) is 14.4. The number of ether oxygens (including phenoxy) is 1. The molecule has 14 heteroatoms. The van der Waals surface area contributed by atoms with Crippen molar-refractivity contribution >= 4 is 23.3 Å². The number of fused-ring (bicyclic) bond motifs is 1. The number of halogens is 7. The SMILES string of the molecule is O=C(NCc1ccccc1OC(F)(F)F)NCc1nnc2c(Cl)cc(C(F)(F)F)cn12. The fraction of sp³-hybridized carbons (Fsp3) is 0.235. The van der Waals surface area contributed by atoms with Crippen LogP contribution in [0.15, 0.2) is 36.5 Å². The molecule has 1 aromatic carbocycles. The molecule has 0 saturated carbocycles. The summed E-state index contributed by atoms with van der Waals surface area (Å²) in [5.74, 6) is -0.521. The number of amides is 2. The van der Waals surface area contributed by atoms with E-state index in [1.807, 2.05) is 0 Å². The van der Waals surface area contributed by atoms with Gasteiger partial charge in [0.25, 0.3) is 0 Å². The van der Waals surface area contributed by atoms with E-state index in [4.69, 9.17) is 11.6 Å². The fourth-order valence-corrected chi connectivity index (χ4v) is 2.79.